The Balaban J connectivity index is 4.02. The van der Waals surface area contributed by atoms with Gasteiger partial charge in [0, 0.05) is 6.04 Å². The maximum atomic E-state index is 3.44. The van der Waals surface area contributed by atoms with Crippen molar-refractivity contribution in [3.63, 3.8) is 0 Å². The molecule has 1 N–H and O–H groups in total. The van der Waals surface area contributed by atoms with Crippen molar-refractivity contribution in [3.8, 4) is 0 Å². The van der Waals surface area contributed by atoms with E-state index in [0.717, 1.165) is 17.9 Å². The van der Waals surface area contributed by atoms with Gasteiger partial charge in [-0.25, -0.2) is 0 Å². The van der Waals surface area contributed by atoms with E-state index in [1.807, 2.05) is 0 Å². The van der Waals surface area contributed by atoms with E-state index in [0.29, 0.717) is 0 Å². The number of nitrogens with one attached hydrogen (secondary N) is 1. The molecule has 0 heterocycles. The molecule has 0 saturated carbocycles. The molecule has 1 heteroatoms. The number of rotatable bonds is 6. The van der Waals surface area contributed by atoms with Crippen LogP contribution in [-0.2, 0) is 0 Å². The van der Waals surface area contributed by atoms with Crippen LogP contribution in [0.3, 0.4) is 0 Å². The molecule has 0 aromatic heterocycles. The normalized spacial score (nSPS) is 16.5. The Hall–Kier alpha value is -0.0400. The van der Waals surface area contributed by atoms with E-state index in [1.165, 1.54) is 19.3 Å². The largest absolute Gasteiger partial charge is 0.317 e. The minimum Gasteiger partial charge on any atom is -0.317 e. The van der Waals surface area contributed by atoms with Crippen molar-refractivity contribution in [1.29, 1.82) is 0 Å². The Bertz CT molecular complexity index is 99.2. The summed E-state index contributed by atoms with van der Waals surface area (Å²) in [4.78, 5) is 0. The van der Waals surface area contributed by atoms with Gasteiger partial charge in [0.05, 0.1) is 0 Å². The van der Waals surface area contributed by atoms with Crippen LogP contribution in [0.25, 0.3) is 0 Å². The molecule has 0 saturated heterocycles. The molecule has 0 bridgehead atoms. The molecule has 0 fully saturated rings. The van der Waals surface area contributed by atoms with Gasteiger partial charge in [0.25, 0.3) is 0 Å². The first kappa shape index (κ1) is 12.0. The average molecular weight is 171 g/mol. The zero-order valence-electron chi connectivity index (χ0n) is 9.35. The minimum absolute atomic E-state index is 0.722. The molecule has 0 aliphatic carbocycles. The lowest BCUT2D eigenvalue weighted by atomic mass is 9.84. The third kappa shape index (κ3) is 3.57. The minimum atomic E-state index is 0.722. The van der Waals surface area contributed by atoms with Crippen LogP contribution in [-0.4, -0.2) is 13.1 Å². The molecule has 0 aliphatic heterocycles. The predicted molar refractivity (Wildman–Crippen MR) is 56.4 cm³/mol. The standard InChI is InChI=1S/C11H25N/c1-6-8-11(12-5)10(7-2)9(3)4/h9-12H,6-8H2,1-5H3. The van der Waals surface area contributed by atoms with Gasteiger partial charge in [-0.05, 0) is 25.3 Å². The topological polar surface area (TPSA) is 12.0 Å². The summed E-state index contributed by atoms with van der Waals surface area (Å²) in [6, 6.07) is 0.722. The van der Waals surface area contributed by atoms with Crippen LogP contribution < -0.4 is 5.32 Å². The molecule has 74 valence electrons. The second-order valence-corrected chi connectivity index (χ2v) is 4.00. The SMILES string of the molecule is CCCC(NC)C(CC)C(C)C. The summed E-state index contributed by atoms with van der Waals surface area (Å²) >= 11 is 0. The summed E-state index contributed by atoms with van der Waals surface area (Å²) in [5.41, 5.74) is 0. The Labute approximate surface area is 77.9 Å². The molecule has 12 heavy (non-hydrogen) atoms. The first-order valence-electron chi connectivity index (χ1n) is 5.34. The highest BCUT2D eigenvalue weighted by Crippen LogP contribution is 2.21. The van der Waals surface area contributed by atoms with E-state index in [-0.39, 0.29) is 0 Å². The van der Waals surface area contributed by atoms with Crippen molar-refractivity contribution < 1.29 is 0 Å². The van der Waals surface area contributed by atoms with Gasteiger partial charge >= 0.3 is 0 Å². The third-order valence-corrected chi connectivity index (χ3v) is 2.82. The lowest BCUT2D eigenvalue weighted by molar-refractivity contribution is 0.265. The molecule has 2 unspecified atom stereocenters. The first-order valence-corrected chi connectivity index (χ1v) is 5.34. The average Bonchev–Trinajstić information content (AvgIpc) is 2.03. The van der Waals surface area contributed by atoms with Gasteiger partial charge in [-0.3, -0.25) is 0 Å². The summed E-state index contributed by atoms with van der Waals surface area (Å²) in [5.74, 6) is 1.65. The summed E-state index contributed by atoms with van der Waals surface area (Å²) in [5, 5.41) is 3.44. The zero-order valence-corrected chi connectivity index (χ0v) is 9.35. The van der Waals surface area contributed by atoms with Gasteiger partial charge in [0.1, 0.15) is 0 Å². The van der Waals surface area contributed by atoms with Gasteiger partial charge < -0.3 is 5.32 Å². The van der Waals surface area contributed by atoms with Crippen LogP contribution >= 0.6 is 0 Å². The Morgan fingerprint density at radius 2 is 1.75 bits per heavy atom. The van der Waals surface area contributed by atoms with Crippen LogP contribution in [0, 0.1) is 11.8 Å². The molecule has 0 aromatic carbocycles. The van der Waals surface area contributed by atoms with Gasteiger partial charge in [-0.15, -0.1) is 0 Å². The Morgan fingerprint density at radius 3 is 2.00 bits per heavy atom. The molecule has 0 amide bonds. The molecule has 0 aromatic rings. The second kappa shape index (κ2) is 6.47. The quantitative estimate of drug-likeness (QED) is 0.647. The van der Waals surface area contributed by atoms with Crippen molar-refractivity contribution in [2.24, 2.45) is 11.8 Å². The summed E-state index contributed by atoms with van der Waals surface area (Å²) in [6.07, 6.45) is 3.89. The summed E-state index contributed by atoms with van der Waals surface area (Å²) < 4.78 is 0. The van der Waals surface area contributed by atoms with Gasteiger partial charge in [-0.2, -0.15) is 0 Å². The van der Waals surface area contributed by atoms with E-state index in [2.05, 4.69) is 40.1 Å². The monoisotopic (exact) mass is 171 g/mol. The summed E-state index contributed by atoms with van der Waals surface area (Å²) in [7, 11) is 2.09. The maximum absolute atomic E-state index is 3.44. The highest BCUT2D eigenvalue weighted by Gasteiger charge is 2.20. The summed E-state index contributed by atoms with van der Waals surface area (Å²) in [6.45, 7) is 9.21. The molecule has 1 nitrogen and oxygen atoms in total. The van der Waals surface area contributed by atoms with Crippen LogP contribution in [0.5, 0.6) is 0 Å². The van der Waals surface area contributed by atoms with Gasteiger partial charge in [-0.1, -0.05) is 40.5 Å². The lowest BCUT2D eigenvalue weighted by Crippen LogP contribution is -2.35. The molecule has 0 spiro atoms. The molecule has 0 aliphatic rings. The molecular formula is C11H25N. The van der Waals surface area contributed by atoms with Crippen molar-refractivity contribution in [1.82, 2.24) is 5.32 Å². The van der Waals surface area contributed by atoms with Crippen molar-refractivity contribution in [2.45, 2.75) is 53.0 Å². The Morgan fingerprint density at radius 1 is 1.17 bits per heavy atom. The molecule has 2 atom stereocenters. The number of hydrogen-bond acceptors (Lipinski definition) is 1. The van der Waals surface area contributed by atoms with E-state index in [9.17, 15) is 0 Å². The van der Waals surface area contributed by atoms with E-state index in [4.69, 9.17) is 0 Å². The van der Waals surface area contributed by atoms with Crippen LogP contribution in [0.2, 0.25) is 0 Å². The van der Waals surface area contributed by atoms with Crippen LogP contribution in [0.15, 0.2) is 0 Å². The van der Waals surface area contributed by atoms with Crippen LogP contribution in [0.4, 0.5) is 0 Å². The second-order valence-electron chi connectivity index (χ2n) is 4.00. The highest BCUT2D eigenvalue weighted by molar-refractivity contribution is 4.75. The molecular weight excluding hydrogens is 146 g/mol. The zero-order chi connectivity index (χ0) is 9.56. The smallest absolute Gasteiger partial charge is 0.00945 e. The number of hydrogen-bond donors (Lipinski definition) is 1. The van der Waals surface area contributed by atoms with Gasteiger partial charge in [0.2, 0.25) is 0 Å². The third-order valence-electron chi connectivity index (χ3n) is 2.82. The van der Waals surface area contributed by atoms with E-state index >= 15 is 0 Å². The molecule has 0 radical (unpaired) electrons. The van der Waals surface area contributed by atoms with Crippen LogP contribution in [0.1, 0.15) is 47.0 Å². The van der Waals surface area contributed by atoms with Crippen molar-refractivity contribution in [3.05, 3.63) is 0 Å². The van der Waals surface area contributed by atoms with Gasteiger partial charge in [0.15, 0.2) is 0 Å². The van der Waals surface area contributed by atoms with E-state index in [1.54, 1.807) is 0 Å². The lowest BCUT2D eigenvalue weighted by Gasteiger charge is -2.28. The fraction of sp³-hybridized carbons (Fsp3) is 1.00. The van der Waals surface area contributed by atoms with Crippen molar-refractivity contribution >= 4 is 0 Å². The Kier molecular flexibility index (Phi) is 6.45. The first-order chi connectivity index (χ1) is 5.67. The van der Waals surface area contributed by atoms with Crippen molar-refractivity contribution in [2.75, 3.05) is 7.05 Å². The fourth-order valence-electron chi connectivity index (χ4n) is 2.10. The molecule has 0 rings (SSSR count). The fourth-order valence-corrected chi connectivity index (χ4v) is 2.10. The predicted octanol–water partition coefficient (Wildman–Crippen LogP) is 3.06. The highest BCUT2D eigenvalue weighted by atomic mass is 14.9. The maximum Gasteiger partial charge on any atom is 0.00945 e. The van der Waals surface area contributed by atoms with E-state index < -0.39 is 0 Å².